The molecule has 0 aliphatic carbocycles. The van der Waals surface area contributed by atoms with E-state index in [2.05, 4.69) is 4.98 Å². The first-order valence-corrected chi connectivity index (χ1v) is 5.97. The van der Waals surface area contributed by atoms with Crippen molar-refractivity contribution in [3.8, 4) is 11.3 Å². The van der Waals surface area contributed by atoms with Crippen LogP contribution < -0.4 is 5.73 Å². The van der Waals surface area contributed by atoms with Crippen LogP contribution in [0.3, 0.4) is 0 Å². The van der Waals surface area contributed by atoms with Crippen LogP contribution in [-0.2, 0) is 0 Å². The molecule has 2 rings (SSSR count). The van der Waals surface area contributed by atoms with Crippen molar-refractivity contribution in [3.63, 3.8) is 0 Å². The van der Waals surface area contributed by atoms with Gasteiger partial charge in [0.1, 0.15) is 4.88 Å². The van der Waals surface area contributed by atoms with Crippen molar-refractivity contribution < 1.29 is 14.8 Å². The first-order valence-electron chi connectivity index (χ1n) is 5.15. The normalized spacial score (nSPS) is 10.4. The maximum absolute atomic E-state index is 11.2. The van der Waals surface area contributed by atoms with Crippen LogP contribution in [0.25, 0.3) is 11.3 Å². The highest BCUT2D eigenvalue weighted by Crippen LogP contribution is 2.40. The number of thiophene rings is 1. The Morgan fingerprint density at radius 3 is 2.84 bits per heavy atom. The fourth-order valence-corrected chi connectivity index (χ4v) is 2.59. The van der Waals surface area contributed by atoms with Crippen LogP contribution in [0, 0.1) is 17.0 Å². The number of carboxylic acids is 1. The van der Waals surface area contributed by atoms with Gasteiger partial charge in [0.2, 0.25) is 0 Å². The Morgan fingerprint density at radius 2 is 2.26 bits per heavy atom. The first kappa shape index (κ1) is 13.0. The zero-order valence-corrected chi connectivity index (χ0v) is 10.6. The second kappa shape index (κ2) is 4.65. The zero-order chi connectivity index (χ0) is 14.2. The Labute approximate surface area is 111 Å². The van der Waals surface area contributed by atoms with Gasteiger partial charge in [0.05, 0.1) is 16.2 Å². The first-order chi connectivity index (χ1) is 8.93. The van der Waals surface area contributed by atoms with Crippen molar-refractivity contribution in [2.24, 2.45) is 0 Å². The molecule has 0 radical (unpaired) electrons. The van der Waals surface area contributed by atoms with E-state index in [1.165, 1.54) is 18.3 Å². The second-order valence-corrected chi connectivity index (χ2v) is 4.93. The molecule has 0 unspecified atom stereocenters. The summed E-state index contributed by atoms with van der Waals surface area (Å²) in [6, 6.07) is 2.68. The Kier molecular flexibility index (Phi) is 3.17. The van der Waals surface area contributed by atoms with E-state index >= 15 is 0 Å². The number of pyridine rings is 1. The average Bonchev–Trinajstić information content (AvgIpc) is 2.66. The van der Waals surface area contributed by atoms with Gasteiger partial charge in [-0.25, -0.2) is 9.78 Å². The summed E-state index contributed by atoms with van der Waals surface area (Å²) in [5, 5.41) is 20.1. The van der Waals surface area contributed by atoms with Crippen molar-refractivity contribution in [3.05, 3.63) is 38.2 Å². The number of carbonyl (C=O) groups is 1. The van der Waals surface area contributed by atoms with Crippen LogP contribution in [-0.4, -0.2) is 21.0 Å². The number of rotatable bonds is 3. The third-order valence-corrected chi connectivity index (χ3v) is 3.65. The van der Waals surface area contributed by atoms with Crippen molar-refractivity contribution in [2.45, 2.75) is 6.92 Å². The summed E-state index contributed by atoms with van der Waals surface area (Å²) in [5.41, 5.74) is 5.86. The Hall–Kier alpha value is -2.48. The maximum Gasteiger partial charge on any atom is 0.346 e. The van der Waals surface area contributed by atoms with Crippen LogP contribution in [0.15, 0.2) is 18.3 Å². The number of hydrogen-bond donors (Lipinski definition) is 2. The minimum absolute atomic E-state index is 0.0215. The minimum atomic E-state index is -1.18. The van der Waals surface area contributed by atoms with E-state index < -0.39 is 10.9 Å². The van der Waals surface area contributed by atoms with E-state index in [-0.39, 0.29) is 27.5 Å². The molecule has 8 heteroatoms. The number of aromatic nitrogens is 1. The highest BCUT2D eigenvalue weighted by Gasteiger charge is 2.27. The molecular formula is C11H9N3O4S. The molecule has 3 N–H and O–H groups in total. The van der Waals surface area contributed by atoms with E-state index in [0.717, 1.165) is 11.3 Å². The van der Waals surface area contributed by atoms with Gasteiger partial charge in [-0.05, 0) is 13.0 Å². The molecule has 2 aromatic heterocycles. The van der Waals surface area contributed by atoms with Gasteiger partial charge in [0, 0.05) is 17.1 Å². The van der Waals surface area contributed by atoms with E-state index in [1.807, 2.05) is 0 Å². The molecule has 0 aromatic carbocycles. The molecule has 0 fully saturated rings. The van der Waals surface area contributed by atoms with Crippen molar-refractivity contribution in [2.75, 3.05) is 5.73 Å². The highest BCUT2D eigenvalue weighted by atomic mass is 32.1. The third kappa shape index (κ3) is 2.13. The van der Waals surface area contributed by atoms with Gasteiger partial charge in [-0.15, -0.1) is 11.3 Å². The molecule has 2 aromatic rings. The molecule has 0 amide bonds. The van der Waals surface area contributed by atoms with Gasteiger partial charge >= 0.3 is 5.97 Å². The molecule has 98 valence electrons. The lowest BCUT2D eigenvalue weighted by molar-refractivity contribution is -0.384. The Balaban J connectivity index is 2.79. The SMILES string of the molecule is Cc1sc(C(=O)O)c(-c2ncccc2[N+](=O)[O-])c1N. The lowest BCUT2D eigenvalue weighted by Crippen LogP contribution is -2.01. The van der Waals surface area contributed by atoms with Gasteiger partial charge in [-0.2, -0.15) is 0 Å². The van der Waals surface area contributed by atoms with Crippen LogP contribution in [0.5, 0.6) is 0 Å². The summed E-state index contributed by atoms with van der Waals surface area (Å²) < 4.78 is 0. The quantitative estimate of drug-likeness (QED) is 0.657. The molecule has 0 spiro atoms. The van der Waals surface area contributed by atoms with E-state index in [1.54, 1.807) is 6.92 Å². The van der Waals surface area contributed by atoms with Crippen LogP contribution in [0.2, 0.25) is 0 Å². The predicted molar refractivity (Wildman–Crippen MR) is 70.3 cm³/mol. The number of nitrogens with two attached hydrogens (primary N) is 1. The topological polar surface area (TPSA) is 119 Å². The predicted octanol–water partition coefficient (Wildman–Crippen LogP) is 2.31. The molecule has 0 atom stereocenters. The number of nitrogens with zero attached hydrogens (tertiary/aromatic N) is 2. The lowest BCUT2D eigenvalue weighted by atomic mass is 10.1. The van der Waals surface area contributed by atoms with Crippen molar-refractivity contribution in [1.29, 1.82) is 0 Å². The van der Waals surface area contributed by atoms with Gasteiger partial charge < -0.3 is 10.8 Å². The Morgan fingerprint density at radius 1 is 1.58 bits per heavy atom. The van der Waals surface area contributed by atoms with Crippen LogP contribution in [0.4, 0.5) is 11.4 Å². The largest absolute Gasteiger partial charge is 0.477 e. The number of carboxylic acid groups (broad SMARTS) is 1. The van der Waals surface area contributed by atoms with Gasteiger partial charge in [-0.1, -0.05) is 0 Å². The monoisotopic (exact) mass is 279 g/mol. The van der Waals surface area contributed by atoms with Gasteiger partial charge in [0.25, 0.3) is 5.69 Å². The summed E-state index contributed by atoms with van der Waals surface area (Å²) in [6.07, 6.45) is 1.36. The molecule has 0 aliphatic heterocycles. The summed E-state index contributed by atoms with van der Waals surface area (Å²) in [4.78, 5) is 26.0. The number of anilines is 1. The smallest absolute Gasteiger partial charge is 0.346 e. The molecule has 0 saturated carbocycles. The third-order valence-electron chi connectivity index (χ3n) is 2.55. The van der Waals surface area contributed by atoms with E-state index in [0.29, 0.717) is 4.88 Å². The number of aromatic carboxylic acids is 1. The number of hydrogen-bond acceptors (Lipinski definition) is 6. The van der Waals surface area contributed by atoms with Crippen molar-refractivity contribution >= 4 is 28.7 Å². The summed E-state index contributed by atoms with van der Waals surface area (Å²) in [6.45, 7) is 1.66. The van der Waals surface area contributed by atoms with Gasteiger partial charge in [-0.3, -0.25) is 10.1 Å². The van der Waals surface area contributed by atoms with Crippen LogP contribution in [0.1, 0.15) is 14.5 Å². The highest BCUT2D eigenvalue weighted by molar-refractivity contribution is 7.15. The molecule has 0 bridgehead atoms. The molecular weight excluding hydrogens is 270 g/mol. The molecule has 2 heterocycles. The fourth-order valence-electron chi connectivity index (χ4n) is 1.68. The fraction of sp³-hybridized carbons (Fsp3) is 0.0909. The number of nitro groups is 1. The average molecular weight is 279 g/mol. The second-order valence-electron chi connectivity index (χ2n) is 3.71. The summed E-state index contributed by atoms with van der Waals surface area (Å²) in [7, 11) is 0. The number of aryl methyl sites for hydroxylation is 1. The minimum Gasteiger partial charge on any atom is -0.477 e. The van der Waals surface area contributed by atoms with Crippen LogP contribution >= 0.6 is 11.3 Å². The molecule has 0 aliphatic rings. The maximum atomic E-state index is 11.2. The van der Waals surface area contributed by atoms with E-state index in [4.69, 9.17) is 10.8 Å². The van der Waals surface area contributed by atoms with Crippen molar-refractivity contribution in [1.82, 2.24) is 4.98 Å². The van der Waals surface area contributed by atoms with Gasteiger partial charge in [0.15, 0.2) is 5.69 Å². The lowest BCUT2D eigenvalue weighted by Gasteiger charge is -2.03. The number of nitrogen functional groups attached to an aromatic ring is 1. The zero-order valence-electron chi connectivity index (χ0n) is 9.78. The standard InChI is InChI=1S/C11H9N3O4S/c1-5-8(12)7(10(19-5)11(15)16)9-6(14(17)18)3-2-4-13-9/h2-4H,12H2,1H3,(H,15,16). The molecule has 19 heavy (non-hydrogen) atoms. The molecule has 7 nitrogen and oxygen atoms in total. The van der Waals surface area contributed by atoms with E-state index in [9.17, 15) is 14.9 Å². The summed E-state index contributed by atoms with van der Waals surface area (Å²) >= 11 is 0.977. The Bertz CT molecular complexity index is 681. The molecule has 0 saturated heterocycles. The summed E-state index contributed by atoms with van der Waals surface area (Å²) in [5.74, 6) is -1.18.